The maximum Gasteiger partial charge on any atom is 0.247 e. The normalized spacial score (nSPS) is 22.3. The van der Waals surface area contributed by atoms with Gasteiger partial charge in [0.05, 0.1) is 5.88 Å². The summed E-state index contributed by atoms with van der Waals surface area (Å²) in [7, 11) is -2.36. The van der Waals surface area contributed by atoms with Crippen LogP contribution >= 0.6 is 27.7 Å². The number of likely N-dealkylation sites (N-methyl/N-ethyl adjacent to an activating group) is 1. The van der Waals surface area contributed by atoms with Crippen molar-refractivity contribution in [2.75, 3.05) is 18.7 Å². The summed E-state index contributed by atoms with van der Waals surface area (Å²) in [5, 5.41) is 0. The number of halogens is 2. The molecule has 1 aromatic rings. The van der Waals surface area contributed by atoms with Crippen molar-refractivity contribution < 1.29 is 17.6 Å². The summed E-state index contributed by atoms with van der Waals surface area (Å²) in [4.78, 5) is 13.8. The van der Waals surface area contributed by atoms with Crippen LogP contribution < -0.4 is 0 Å². The SMILES string of the molecule is CN(C(=O)C1CSCN1S(=O)(=O)c1cc(Br)ccc1F)C1CC1. The zero-order valence-corrected chi connectivity index (χ0v) is 15.6. The van der Waals surface area contributed by atoms with E-state index >= 15 is 0 Å². The standard InChI is InChI=1S/C14H16BrFN2O3S2/c1-17(10-3-4-10)14(19)12-7-22-8-18(12)23(20,21)13-6-9(15)2-5-11(13)16/h2,5-6,10,12H,3-4,7-8H2,1H3. The van der Waals surface area contributed by atoms with E-state index in [1.54, 1.807) is 11.9 Å². The van der Waals surface area contributed by atoms with Crippen LogP contribution in [0.1, 0.15) is 12.8 Å². The lowest BCUT2D eigenvalue weighted by atomic mass is 10.3. The predicted molar refractivity (Wildman–Crippen MR) is 90.0 cm³/mol. The number of benzene rings is 1. The van der Waals surface area contributed by atoms with Gasteiger partial charge in [0.1, 0.15) is 16.8 Å². The number of sulfonamides is 1. The molecule has 1 aromatic carbocycles. The molecule has 0 bridgehead atoms. The second-order valence-corrected chi connectivity index (χ2v) is 9.44. The largest absolute Gasteiger partial charge is 0.341 e. The molecule has 126 valence electrons. The molecule has 1 saturated carbocycles. The fourth-order valence-corrected chi connectivity index (χ4v) is 6.28. The molecule has 1 unspecified atom stereocenters. The Kier molecular flexibility index (Phi) is 4.74. The molecule has 1 amide bonds. The number of thioether (sulfide) groups is 1. The molecule has 3 rings (SSSR count). The van der Waals surface area contributed by atoms with E-state index in [-0.39, 0.29) is 17.8 Å². The molecule has 1 atom stereocenters. The molecule has 2 aliphatic rings. The molecule has 1 saturated heterocycles. The van der Waals surface area contributed by atoms with Gasteiger partial charge in [-0.2, -0.15) is 4.31 Å². The van der Waals surface area contributed by atoms with Crippen molar-refractivity contribution in [3.05, 3.63) is 28.5 Å². The summed E-state index contributed by atoms with van der Waals surface area (Å²) in [6, 6.07) is 3.22. The van der Waals surface area contributed by atoms with Crippen molar-refractivity contribution in [3.8, 4) is 0 Å². The average Bonchev–Trinajstić information content (AvgIpc) is 3.24. The van der Waals surface area contributed by atoms with Crippen molar-refractivity contribution in [2.45, 2.75) is 29.8 Å². The second kappa shape index (κ2) is 6.34. The first kappa shape index (κ1) is 17.2. The van der Waals surface area contributed by atoms with Crippen LogP contribution in [0.2, 0.25) is 0 Å². The molecule has 0 aromatic heterocycles. The third-order valence-electron chi connectivity index (χ3n) is 4.05. The van der Waals surface area contributed by atoms with Crippen LogP contribution in [0.15, 0.2) is 27.6 Å². The Morgan fingerprint density at radius 1 is 1.43 bits per heavy atom. The van der Waals surface area contributed by atoms with E-state index in [4.69, 9.17) is 0 Å². The Labute approximate surface area is 147 Å². The summed E-state index contributed by atoms with van der Waals surface area (Å²) >= 11 is 4.53. The van der Waals surface area contributed by atoms with Crippen molar-refractivity contribution in [3.63, 3.8) is 0 Å². The molecule has 1 aliphatic heterocycles. The van der Waals surface area contributed by atoms with E-state index in [2.05, 4.69) is 15.9 Å². The van der Waals surface area contributed by atoms with Gasteiger partial charge in [0.2, 0.25) is 15.9 Å². The van der Waals surface area contributed by atoms with E-state index in [0.717, 1.165) is 23.2 Å². The summed E-state index contributed by atoms with van der Waals surface area (Å²) in [5.41, 5.74) is 0. The van der Waals surface area contributed by atoms with Gasteiger partial charge >= 0.3 is 0 Å². The Bertz CT molecular complexity index is 740. The Balaban J connectivity index is 1.91. The topological polar surface area (TPSA) is 57.7 Å². The molecule has 9 heteroatoms. The Hall–Kier alpha value is -0.640. The molecule has 0 N–H and O–H groups in total. The van der Waals surface area contributed by atoms with Crippen LogP contribution in [0.3, 0.4) is 0 Å². The summed E-state index contributed by atoms with van der Waals surface area (Å²) in [6.45, 7) is 0. The van der Waals surface area contributed by atoms with Gasteiger partial charge in [-0.15, -0.1) is 11.8 Å². The Morgan fingerprint density at radius 3 is 2.78 bits per heavy atom. The Morgan fingerprint density at radius 2 is 2.13 bits per heavy atom. The fourth-order valence-electron chi connectivity index (χ4n) is 2.54. The van der Waals surface area contributed by atoms with E-state index < -0.39 is 26.8 Å². The lowest BCUT2D eigenvalue weighted by molar-refractivity contribution is -0.133. The lowest BCUT2D eigenvalue weighted by Gasteiger charge is -2.27. The molecule has 1 heterocycles. The molecule has 2 fully saturated rings. The molecule has 5 nitrogen and oxygen atoms in total. The van der Waals surface area contributed by atoms with Gasteiger partial charge in [-0.3, -0.25) is 4.79 Å². The zero-order chi connectivity index (χ0) is 16.8. The quantitative estimate of drug-likeness (QED) is 0.746. The van der Waals surface area contributed by atoms with Crippen LogP contribution in [-0.2, 0) is 14.8 Å². The minimum absolute atomic E-state index is 0.156. The maximum absolute atomic E-state index is 14.0. The molecule has 23 heavy (non-hydrogen) atoms. The van der Waals surface area contributed by atoms with Gasteiger partial charge in [-0.25, -0.2) is 12.8 Å². The highest BCUT2D eigenvalue weighted by molar-refractivity contribution is 9.10. The van der Waals surface area contributed by atoms with Gasteiger partial charge in [0.15, 0.2) is 0 Å². The third kappa shape index (κ3) is 3.29. The number of hydrogen-bond acceptors (Lipinski definition) is 4. The monoisotopic (exact) mass is 422 g/mol. The highest BCUT2D eigenvalue weighted by Gasteiger charge is 2.44. The second-order valence-electron chi connectivity index (χ2n) is 5.66. The molecule has 0 radical (unpaired) electrons. The smallest absolute Gasteiger partial charge is 0.247 e. The first-order valence-electron chi connectivity index (χ1n) is 7.13. The van der Waals surface area contributed by atoms with Crippen LogP contribution in [0, 0.1) is 5.82 Å². The number of carbonyl (C=O) groups is 1. The predicted octanol–water partition coefficient (Wildman–Crippen LogP) is 2.27. The fraction of sp³-hybridized carbons (Fsp3) is 0.500. The summed E-state index contributed by atoms with van der Waals surface area (Å²) in [5.74, 6) is -0.475. The minimum Gasteiger partial charge on any atom is -0.341 e. The van der Waals surface area contributed by atoms with E-state index in [1.165, 1.54) is 23.9 Å². The third-order valence-corrected chi connectivity index (χ3v) is 7.59. The number of amides is 1. The van der Waals surface area contributed by atoms with Crippen LogP contribution in [0.4, 0.5) is 4.39 Å². The van der Waals surface area contributed by atoms with E-state index in [0.29, 0.717) is 10.2 Å². The van der Waals surface area contributed by atoms with Crippen molar-refractivity contribution >= 4 is 43.6 Å². The maximum atomic E-state index is 14.0. The zero-order valence-electron chi connectivity index (χ0n) is 12.4. The highest BCUT2D eigenvalue weighted by Crippen LogP contribution is 2.33. The van der Waals surface area contributed by atoms with E-state index in [1.807, 2.05) is 0 Å². The number of hydrogen-bond donors (Lipinski definition) is 0. The van der Waals surface area contributed by atoms with Gasteiger partial charge in [-0.1, -0.05) is 15.9 Å². The minimum atomic E-state index is -4.06. The van der Waals surface area contributed by atoms with Crippen LogP contribution in [-0.4, -0.2) is 54.3 Å². The summed E-state index contributed by atoms with van der Waals surface area (Å²) in [6.07, 6.45) is 1.91. The van der Waals surface area contributed by atoms with E-state index in [9.17, 15) is 17.6 Å². The number of carbonyl (C=O) groups excluding carboxylic acids is 1. The van der Waals surface area contributed by atoms with Gasteiger partial charge in [0.25, 0.3) is 0 Å². The molecular weight excluding hydrogens is 407 g/mol. The molecular formula is C14H16BrFN2O3S2. The number of nitrogens with zero attached hydrogens (tertiary/aromatic N) is 2. The van der Waals surface area contributed by atoms with Crippen LogP contribution in [0.25, 0.3) is 0 Å². The summed E-state index contributed by atoms with van der Waals surface area (Å²) < 4.78 is 41.2. The first-order chi connectivity index (χ1) is 10.8. The van der Waals surface area contributed by atoms with Gasteiger partial charge < -0.3 is 4.90 Å². The van der Waals surface area contributed by atoms with Gasteiger partial charge in [0, 0.05) is 23.3 Å². The van der Waals surface area contributed by atoms with Crippen molar-refractivity contribution in [1.29, 1.82) is 0 Å². The number of rotatable bonds is 4. The lowest BCUT2D eigenvalue weighted by Crippen LogP contribution is -2.48. The van der Waals surface area contributed by atoms with Crippen molar-refractivity contribution in [1.82, 2.24) is 9.21 Å². The van der Waals surface area contributed by atoms with Gasteiger partial charge in [-0.05, 0) is 31.0 Å². The van der Waals surface area contributed by atoms with Crippen molar-refractivity contribution in [2.24, 2.45) is 0 Å². The molecule has 0 spiro atoms. The highest BCUT2D eigenvalue weighted by atomic mass is 79.9. The van der Waals surface area contributed by atoms with Crippen LogP contribution in [0.5, 0.6) is 0 Å². The molecule has 1 aliphatic carbocycles. The first-order valence-corrected chi connectivity index (χ1v) is 10.5. The average molecular weight is 423 g/mol.